The first-order valence-electron chi connectivity index (χ1n) is 7.55. The lowest BCUT2D eigenvalue weighted by molar-refractivity contribution is -0.384. The minimum atomic E-state index is -0.548. The number of anilines is 2. The number of non-ortho nitro benzene ring substituents is 1. The van der Waals surface area contributed by atoms with Gasteiger partial charge in [-0.25, -0.2) is 4.39 Å². The summed E-state index contributed by atoms with van der Waals surface area (Å²) in [5.74, 6) is -1.51. The average Bonchev–Trinajstić information content (AvgIpc) is 2.99. The molecule has 3 rings (SSSR count). The highest BCUT2D eigenvalue weighted by molar-refractivity contribution is 6.03. The Morgan fingerprint density at radius 2 is 1.80 bits per heavy atom. The Labute approximate surface area is 142 Å². The molecular formula is C17H14FN3O4. The molecule has 0 aliphatic carbocycles. The van der Waals surface area contributed by atoms with Gasteiger partial charge in [-0.1, -0.05) is 0 Å². The second-order valence-electron chi connectivity index (χ2n) is 5.68. The van der Waals surface area contributed by atoms with Gasteiger partial charge < -0.3 is 10.2 Å². The van der Waals surface area contributed by atoms with Gasteiger partial charge in [-0.15, -0.1) is 0 Å². The highest BCUT2D eigenvalue weighted by Crippen LogP contribution is 2.27. The number of nitrogens with one attached hydrogen (secondary N) is 1. The van der Waals surface area contributed by atoms with Crippen molar-refractivity contribution >= 4 is 28.9 Å². The summed E-state index contributed by atoms with van der Waals surface area (Å²) in [5, 5.41) is 13.3. The zero-order valence-electron chi connectivity index (χ0n) is 13.0. The van der Waals surface area contributed by atoms with E-state index in [0.717, 1.165) is 0 Å². The summed E-state index contributed by atoms with van der Waals surface area (Å²) in [6, 6.07) is 10.9. The van der Waals surface area contributed by atoms with E-state index in [1.807, 2.05) is 0 Å². The lowest BCUT2D eigenvalue weighted by Gasteiger charge is -2.16. The number of carbonyl (C=O) groups is 2. The Kier molecular flexibility index (Phi) is 4.42. The minimum Gasteiger partial charge on any atom is -0.326 e. The number of rotatable bonds is 4. The molecule has 0 unspecified atom stereocenters. The van der Waals surface area contributed by atoms with E-state index < -0.39 is 16.7 Å². The fraction of sp³-hybridized carbons (Fsp3) is 0.176. The number of carbonyl (C=O) groups excluding carboxylic acids is 2. The summed E-state index contributed by atoms with van der Waals surface area (Å²) in [4.78, 5) is 36.1. The molecule has 1 aliphatic rings. The number of amides is 2. The van der Waals surface area contributed by atoms with Crippen molar-refractivity contribution in [1.82, 2.24) is 0 Å². The number of halogens is 1. The second-order valence-corrected chi connectivity index (χ2v) is 5.68. The zero-order chi connectivity index (χ0) is 18.0. The van der Waals surface area contributed by atoms with Crippen LogP contribution in [-0.4, -0.2) is 23.3 Å². The largest absolute Gasteiger partial charge is 0.326 e. The van der Waals surface area contributed by atoms with E-state index >= 15 is 0 Å². The van der Waals surface area contributed by atoms with Crippen LogP contribution in [0.1, 0.15) is 6.42 Å². The first-order valence-corrected chi connectivity index (χ1v) is 7.55. The predicted octanol–water partition coefficient (Wildman–Crippen LogP) is 2.73. The van der Waals surface area contributed by atoms with E-state index in [-0.39, 0.29) is 30.5 Å². The fourth-order valence-electron chi connectivity index (χ4n) is 2.66. The molecule has 0 spiro atoms. The van der Waals surface area contributed by atoms with Gasteiger partial charge in [0.2, 0.25) is 11.8 Å². The zero-order valence-corrected chi connectivity index (χ0v) is 13.0. The Bertz CT molecular complexity index is 821. The molecule has 0 bridgehead atoms. The summed E-state index contributed by atoms with van der Waals surface area (Å²) >= 11 is 0. The molecule has 0 radical (unpaired) electrons. The Morgan fingerprint density at radius 3 is 2.40 bits per heavy atom. The molecule has 1 aliphatic heterocycles. The Morgan fingerprint density at radius 1 is 1.16 bits per heavy atom. The first-order chi connectivity index (χ1) is 11.9. The third-order valence-corrected chi connectivity index (χ3v) is 3.98. The van der Waals surface area contributed by atoms with Crippen LogP contribution in [0.5, 0.6) is 0 Å². The molecule has 0 saturated carbocycles. The second kappa shape index (κ2) is 6.68. The molecule has 1 N–H and O–H groups in total. The lowest BCUT2D eigenvalue weighted by Crippen LogP contribution is -2.28. The van der Waals surface area contributed by atoms with Gasteiger partial charge in [-0.05, 0) is 36.4 Å². The van der Waals surface area contributed by atoms with Gasteiger partial charge in [0, 0.05) is 36.5 Å². The summed E-state index contributed by atoms with van der Waals surface area (Å²) in [6.07, 6.45) is 0.0457. The van der Waals surface area contributed by atoms with Crippen molar-refractivity contribution < 1.29 is 18.9 Å². The topological polar surface area (TPSA) is 92.6 Å². The van der Waals surface area contributed by atoms with Crippen LogP contribution in [0.15, 0.2) is 48.5 Å². The van der Waals surface area contributed by atoms with Crippen molar-refractivity contribution in [1.29, 1.82) is 0 Å². The Hall–Kier alpha value is -3.29. The van der Waals surface area contributed by atoms with E-state index in [0.29, 0.717) is 11.4 Å². The predicted molar refractivity (Wildman–Crippen MR) is 88.6 cm³/mol. The highest BCUT2D eigenvalue weighted by Gasteiger charge is 2.35. The molecule has 1 saturated heterocycles. The summed E-state index contributed by atoms with van der Waals surface area (Å²) in [6.45, 7) is 0.184. The number of hydrogen-bond donors (Lipinski definition) is 1. The van der Waals surface area contributed by atoms with Gasteiger partial charge in [0.1, 0.15) is 5.82 Å². The van der Waals surface area contributed by atoms with E-state index in [9.17, 15) is 24.1 Å². The monoisotopic (exact) mass is 343 g/mol. The summed E-state index contributed by atoms with van der Waals surface area (Å²) in [7, 11) is 0. The molecule has 2 aromatic carbocycles. The molecule has 128 valence electrons. The fourth-order valence-corrected chi connectivity index (χ4v) is 2.66. The van der Waals surface area contributed by atoms with Crippen LogP contribution < -0.4 is 10.2 Å². The first kappa shape index (κ1) is 16.6. The van der Waals surface area contributed by atoms with Crippen LogP contribution >= 0.6 is 0 Å². The van der Waals surface area contributed by atoms with Crippen molar-refractivity contribution in [3.63, 3.8) is 0 Å². The molecule has 1 heterocycles. The maximum absolute atomic E-state index is 12.9. The minimum absolute atomic E-state index is 0.0457. The summed E-state index contributed by atoms with van der Waals surface area (Å²) in [5.41, 5.74) is 0.890. The van der Waals surface area contributed by atoms with Gasteiger partial charge >= 0.3 is 0 Å². The number of benzene rings is 2. The molecule has 2 amide bonds. The Balaban J connectivity index is 1.68. The number of nitro groups is 1. The van der Waals surface area contributed by atoms with Gasteiger partial charge in [-0.3, -0.25) is 19.7 Å². The molecule has 7 nitrogen and oxygen atoms in total. The van der Waals surface area contributed by atoms with Crippen LogP contribution in [0.25, 0.3) is 0 Å². The maximum Gasteiger partial charge on any atom is 0.269 e. The van der Waals surface area contributed by atoms with Gasteiger partial charge in [0.15, 0.2) is 0 Å². The molecule has 25 heavy (non-hydrogen) atoms. The number of nitrogens with zero attached hydrogens (tertiary/aromatic N) is 2. The average molecular weight is 343 g/mol. The van der Waals surface area contributed by atoms with Crippen LogP contribution in [0.3, 0.4) is 0 Å². The normalized spacial score (nSPS) is 16.8. The molecule has 1 atom stereocenters. The third kappa shape index (κ3) is 3.63. The molecule has 1 fully saturated rings. The van der Waals surface area contributed by atoms with Gasteiger partial charge in [-0.2, -0.15) is 0 Å². The molecule has 8 heteroatoms. The van der Waals surface area contributed by atoms with E-state index in [1.165, 1.54) is 53.4 Å². The van der Waals surface area contributed by atoms with Crippen LogP contribution in [0, 0.1) is 21.8 Å². The van der Waals surface area contributed by atoms with E-state index in [4.69, 9.17) is 0 Å². The van der Waals surface area contributed by atoms with Crippen molar-refractivity contribution in [2.45, 2.75) is 6.42 Å². The quantitative estimate of drug-likeness (QED) is 0.682. The van der Waals surface area contributed by atoms with Crippen molar-refractivity contribution in [3.8, 4) is 0 Å². The van der Waals surface area contributed by atoms with Crippen LogP contribution in [-0.2, 0) is 9.59 Å². The van der Waals surface area contributed by atoms with E-state index in [2.05, 4.69) is 5.32 Å². The molecular weight excluding hydrogens is 329 g/mol. The standard InChI is InChI=1S/C17H14FN3O4/c18-12-1-3-13(4-2-12)19-17(23)11-9-16(22)20(10-11)14-5-7-15(8-6-14)21(24)25/h1-8,11H,9-10H2,(H,19,23)/t11-/m1/s1. The maximum atomic E-state index is 12.9. The van der Waals surface area contributed by atoms with Crippen LogP contribution in [0.4, 0.5) is 21.5 Å². The highest BCUT2D eigenvalue weighted by atomic mass is 19.1. The smallest absolute Gasteiger partial charge is 0.269 e. The summed E-state index contributed by atoms with van der Waals surface area (Å²) < 4.78 is 12.9. The van der Waals surface area contributed by atoms with Crippen LogP contribution in [0.2, 0.25) is 0 Å². The van der Waals surface area contributed by atoms with Crippen molar-refractivity contribution in [3.05, 3.63) is 64.5 Å². The SMILES string of the molecule is O=C(Nc1ccc(F)cc1)[C@@H]1CC(=O)N(c2ccc([N+](=O)[O-])cc2)C1. The van der Waals surface area contributed by atoms with Gasteiger partial charge in [0.25, 0.3) is 5.69 Å². The molecule has 0 aromatic heterocycles. The van der Waals surface area contributed by atoms with E-state index in [1.54, 1.807) is 0 Å². The number of hydrogen-bond acceptors (Lipinski definition) is 4. The number of nitro benzene ring substituents is 1. The van der Waals surface area contributed by atoms with Crippen molar-refractivity contribution in [2.24, 2.45) is 5.92 Å². The van der Waals surface area contributed by atoms with Gasteiger partial charge in [0.05, 0.1) is 10.8 Å². The van der Waals surface area contributed by atoms with Crippen molar-refractivity contribution in [2.75, 3.05) is 16.8 Å². The lowest BCUT2D eigenvalue weighted by atomic mass is 10.1. The molecule has 2 aromatic rings. The third-order valence-electron chi connectivity index (χ3n) is 3.98.